The van der Waals surface area contributed by atoms with Gasteiger partial charge in [-0.15, -0.1) is 0 Å². The molecule has 0 aliphatic heterocycles. The molecule has 1 heterocycles. The van der Waals surface area contributed by atoms with Gasteiger partial charge >= 0.3 is 12.0 Å². The lowest BCUT2D eigenvalue weighted by atomic mass is 10.0. The van der Waals surface area contributed by atoms with Crippen LogP contribution in [0.4, 0.5) is 10.5 Å². The van der Waals surface area contributed by atoms with E-state index in [0.717, 1.165) is 0 Å². The molecule has 0 saturated carbocycles. The Morgan fingerprint density at radius 3 is 2.55 bits per heavy atom. The van der Waals surface area contributed by atoms with Crippen molar-refractivity contribution in [1.29, 1.82) is 0 Å². The minimum atomic E-state index is -1.14. The van der Waals surface area contributed by atoms with E-state index in [0.29, 0.717) is 0 Å². The van der Waals surface area contributed by atoms with Crippen molar-refractivity contribution in [3.05, 3.63) is 24.0 Å². The largest absolute Gasteiger partial charge is 0.478 e. The summed E-state index contributed by atoms with van der Waals surface area (Å²) >= 11 is 0. The summed E-state index contributed by atoms with van der Waals surface area (Å²) in [7, 11) is 0. The van der Waals surface area contributed by atoms with E-state index < -0.39 is 23.4 Å². The molecule has 0 aromatic carbocycles. The zero-order valence-electron chi connectivity index (χ0n) is 11.1. The van der Waals surface area contributed by atoms with Crippen molar-refractivity contribution in [3.63, 3.8) is 0 Å². The Hall–Kier alpha value is -2.64. The van der Waals surface area contributed by atoms with Gasteiger partial charge in [-0.3, -0.25) is 9.78 Å². The zero-order chi connectivity index (χ0) is 15.3. The summed E-state index contributed by atoms with van der Waals surface area (Å²) in [5, 5.41) is 13.8. The van der Waals surface area contributed by atoms with Gasteiger partial charge in [-0.1, -0.05) is 0 Å². The lowest BCUT2D eigenvalue weighted by Gasteiger charge is -2.24. The van der Waals surface area contributed by atoms with Crippen molar-refractivity contribution < 1.29 is 19.5 Å². The minimum absolute atomic E-state index is 0.0200. The molecule has 0 unspecified atom stereocenters. The Labute approximate surface area is 115 Å². The van der Waals surface area contributed by atoms with Gasteiger partial charge in [0.1, 0.15) is 0 Å². The van der Waals surface area contributed by atoms with Crippen LogP contribution in [0.25, 0.3) is 0 Å². The number of amides is 3. The molecule has 0 saturated heterocycles. The van der Waals surface area contributed by atoms with Gasteiger partial charge in [-0.2, -0.15) is 0 Å². The number of aromatic carboxylic acids is 1. The van der Waals surface area contributed by atoms with Crippen LogP contribution in [0.15, 0.2) is 18.5 Å². The van der Waals surface area contributed by atoms with E-state index in [-0.39, 0.29) is 17.7 Å². The van der Waals surface area contributed by atoms with Crippen molar-refractivity contribution in [3.8, 4) is 0 Å². The first-order chi connectivity index (χ1) is 9.19. The van der Waals surface area contributed by atoms with Gasteiger partial charge in [-0.25, -0.2) is 9.59 Å². The van der Waals surface area contributed by atoms with Crippen LogP contribution in [0, 0.1) is 0 Å². The molecule has 0 atom stereocenters. The second kappa shape index (κ2) is 6.00. The molecule has 0 radical (unpaired) electrons. The number of nitrogens with one attached hydrogen (secondary N) is 2. The van der Waals surface area contributed by atoms with Crippen LogP contribution < -0.4 is 16.4 Å². The number of carbonyl (C=O) groups excluding carboxylic acids is 2. The Bertz CT molecular complexity index is 542. The van der Waals surface area contributed by atoms with Crippen LogP contribution in [0.3, 0.4) is 0 Å². The van der Waals surface area contributed by atoms with Gasteiger partial charge in [0.2, 0.25) is 5.91 Å². The maximum Gasteiger partial charge on any atom is 0.337 e. The summed E-state index contributed by atoms with van der Waals surface area (Å²) in [6.07, 6.45) is 2.46. The third-order valence-electron chi connectivity index (χ3n) is 2.31. The van der Waals surface area contributed by atoms with Crippen LogP contribution in [0.2, 0.25) is 0 Å². The molecule has 3 amide bonds. The standard InChI is InChI=1S/C12H16N4O4/c1-12(2,4-9(13)17)16-11(20)15-8-3-7(10(18)19)5-14-6-8/h3,5-6H,4H2,1-2H3,(H2,13,17)(H,18,19)(H2,15,16,20). The first-order valence-corrected chi connectivity index (χ1v) is 5.75. The third-order valence-corrected chi connectivity index (χ3v) is 2.31. The van der Waals surface area contributed by atoms with E-state index in [2.05, 4.69) is 15.6 Å². The fraction of sp³-hybridized carbons (Fsp3) is 0.333. The molecule has 0 bridgehead atoms. The zero-order valence-corrected chi connectivity index (χ0v) is 11.1. The predicted molar refractivity (Wildman–Crippen MR) is 71.2 cm³/mol. The number of hydrogen-bond donors (Lipinski definition) is 4. The van der Waals surface area contributed by atoms with Gasteiger partial charge < -0.3 is 21.5 Å². The number of urea groups is 1. The van der Waals surface area contributed by atoms with Crippen LogP contribution in [0.5, 0.6) is 0 Å². The molecule has 0 fully saturated rings. The molecule has 1 aromatic heterocycles. The highest BCUT2D eigenvalue weighted by molar-refractivity contribution is 5.93. The number of pyridine rings is 1. The normalized spacial score (nSPS) is 10.7. The van der Waals surface area contributed by atoms with Crippen molar-refractivity contribution >= 4 is 23.6 Å². The van der Waals surface area contributed by atoms with Crippen LogP contribution in [0.1, 0.15) is 30.6 Å². The number of carboxylic acids is 1. The molecule has 1 aromatic rings. The van der Waals surface area contributed by atoms with Crippen LogP contribution >= 0.6 is 0 Å². The van der Waals surface area contributed by atoms with E-state index in [1.165, 1.54) is 18.5 Å². The van der Waals surface area contributed by atoms with Gasteiger partial charge in [0.25, 0.3) is 0 Å². The molecule has 20 heavy (non-hydrogen) atoms. The predicted octanol–water partition coefficient (Wildman–Crippen LogP) is 0.555. The highest BCUT2D eigenvalue weighted by atomic mass is 16.4. The number of aromatic nitrogens is 1. The monoisotopic (exact) mass is 280 g/mol. The maximum atomic E-state index is 11.7. The van der Waals surface area contributed by atoms with Gasteiger partial charge in [0, 0.05) is 18.2 Å². The van der Waals surface area contributed by atoms with Gasteiger partial charge in [0.05, 0.1) is 17.4 Å². The smallest absolute Gasteiger partial charge is 0.337 e. The SMILES string of the molecule is CC(C)(CC(N)=O)NC(=O)Nc1cncc(C(=O)O)c1. The van der Waals surface area contributed by atoms with Crippen molar-refractivity contribution in [2.75, 3.05) is 5.32 Å². The third kappa shape index (κ3) is 4.92. The van der Waals surface area contributed by atoms with E-state index in [1.54, 1.807) is 13.8 Å². The second-order valence-corrected chi connectivity index (χ2v) is 4.87. The lowest BCUT2D eigenvalue weighted by molar-refractivity contribution is -0.119. The molecule has 0 aliphatic rings. The summed E-state index contributed by atoms with van der Waals surface area (Å²) < 4.78 is 0. The fourth-order valence-corrected chi connectivity index (χ4v) is 1.57. The second-order valence-electron chi connectivity index (χ2n) is 4.87. The summed E-state index contributed by atoms with van der Waals surface area (Å²) in [4.78, 5) is 37.1. The van der Waals surface area contributed by atoms with E-state index in [1.807, 2.05) is 0 Å². The summed E-state index contributed by atoms with van der Waals surface area (Å²) in [6, 6.07) is 0.691. The number of carboxylic acid groups (broad SMARTS) is 1. The Morgan fingerprint density at radius 2 is 2.00 bits per heavy atom. The minimum Gasteiger partial charge on any atom is -0.478 e. The van der Waals surface area contributed by atoms with Gasteiger partial charge in [-0.05, 0) is 19.9 Å². The molecule has 8 nitrogen and oxygen atoms in total. The van der Waals surface area contributed by atoms with Crippen LogP contribution in [-0.4, -0.2) is 33.5 Å². The molecule has 0 aliphatic carbocycles. The number of carbonyl (C=O) groups is 3. The Kier molecular flexibility index (Phi) is 4.63. The lowest BCUT2D eigenvalue weighted by Crippen LogP contribution is -2.47. The number of hydrogen-bond acceptors (Lipinski definition) is 4. The average Bonchev–Trinajstić information content (AvgIpc) is 2.25. The molecule has 8 heteroatoms. The molecule has 1 rings (SSSR count). The van der Waals surface area contributed by atoms with Gasteiger partial charge in [0.15, 0.2) is 0 Å². The van der Waals surface area contributed by atoms with Crippen molar-refractivity contribution in [2.45, 2.75) is 25.8 Å². The number of nitrogens with two attached hydrogens (primary N) is 1. The summed E-state index contributed by atoms with van der Waals surface area (Å²) in [5.41, 5.74) is 4.45. The molecule has 5 N–H and O–H groups in total. The highest BCUT2D eigenvalue weighted by Gasteiger charge is 2.23. The van der Waals surface area contributed by atoms with E-state index in [4.69, 9.17) is 10.8 Å². The van der Waals surface area contributed by atoms with E-state index >= 15 is 0 Å². The fourth-order valence-electron chi connectivity index (χ4n) is 1.57. The average molecular weight is 280 g/mol. The van der Waals surface area contributed by atoms with E-state index in [9.17, 15) is 14.4 Å². The Morgan fingerprint density at radius 1 is 1.35 bits per heavy atom. The van der Waals surface area contributed by atoms with Crippen molar-refractivity contribution in [2.24, 2.45) is 5.73 Å². The summed E-state index contributed by atoms with van der Waals surface area (Å²) in [5.74, 6) is -1.68. The van der Waals surface area contributed by atoms with Crippen LogP contribution in [-0.2, 0) is 4.79 Å². The molecular weight excluding hydrogens is 264 g/mol. The number of anilines is 1. The Balaban J connectivity index is 2.69. The molecule has 108 valence electrons. The van der Waals surface area contributed by atoms with Crippen molar-refractivity contribution in [1.82, 2.24) is 10.3 Å². The number of nitrogens with zero attached hydrogens (tertiary/aromatic N) is 1. The quantitative estimate of drug-likeness (QED) is 0.625. The molecular formula is C12H16N4O4. The first-order valence-electron chi connectivity index (χ1n) is 5.75. The number of rotatable bonds is 5. The number of primary amides is 1. The first kappa shape index (κ1) is 15.4. The topological polar surface area (TPSA) is 134 Å². The summed E-state index contributed by atoms with van der Waals surface area (Å²) in [6.45, 7) is 3.28. The maximum absolute atomic E-state index is 11.7. The highest BCUT2D eigenvalue weighted by Crippen LogP contribution is 2.11. The molecule has 0 spiro atoms.